The van der Waals surface area contributed by atoms with Crippen molar-refractivity contribution in [2.75, 3.05) is 13.7 Å². The molecule has 1 aliphatic carbocycles. The summed E-state index contributed by atoms with van der Waals surface area (Å²) in [5, 5.41) is 2.96. The van der Waals surface area contributed by atoms with E-state index < -0.39 is 5.97 Å². The molecule has 2 atom stereocenters. The lowest BCUT2D eigenvalue weighted by Gasteiger charge is -2.29. The number of benzene rings is 1. The first-order valence-electron chi connectivity index (χ1n) is 9.88. The number of carbonyl (C=O) groups is 2. The molecule has 1 saturated carbocycles. The predicted molar refractivity (Wildman–Crippen MR) is 108 cm³/mol. The van der Waals surface area contributed by atoms with E-state index in [-0.39, 0.29) is 24.7 Å². The number of hydrogen-bond donors (Lipinski definition) is 1. The second kappa shape index (κ2) is 10.7. The van der Waals surface area contributed by atoms with Crippen molar-refractivity contribution in [3.05, 3.63) is 29.8 Å². The van der Waals surface area contributed by atoms with Gasteiger partial charge >= 0.3 is 5.97 Å². The average Bonchev–Trinajstić information content (AvgIpc) is 2.67. The number of carbonyl (C=O) groups excluding carboxylic acids is 2. The Labute approximate surface area is 167 Å². The van der Waals surface area contributed by atoms with Crippen LogP contribution in [0.5, 0.6) is 11.5 Å². The number of esters is 1. The Kier molecular flexibility index (Phi) is 8.36. The topological polar surface area (TPSA) is 73.9 Å². The second-order valence-corrected chi connectivity index (χ2v) is 7.45. The number of hydrogen-bond acceptors (Lipinski definition) is 5. The molecule has 0 saturated heterocycles. The van der Waals surface area contributed by atoms with E-state index >= 15 is 0 Å². The highest BCUT2D eigenvalue weighted by molar-refractivity contribution is 5.89. The molecule has 0 unspecified atom stereocenters. The van der Waals surface area contributed by atoms with Crippen LogP contribution in [0.1, 0.15) is 52.0 Å². The van der Waals surface area contributed by atoms with Crippen molar-refractivity contribution in [1.82, 2.24) is 5.32 Å². The summed E-state index contributed by atoms with van der Waals surface area (Å²) in [5.74, 6) is 0.882. The first-order valence-corrected chi connectivity index (χ1v) is 9.88. The van der Waals surface area contributed by atoms with Crippen molar-refractivity contribution in [3.8, 4) is 11.5 Å². The summed E-state index contributed by atoms with van der Waals surface area (Å²) in [6.07, 6.45) is 7.40. The highest BCUT2D eigenvalue weighted by Crippen LogP contribution is 2.29. The van der Waals surface area contributed by atoms with Gasteiger partial charge in [-0.05, 0) is 56.4 Å². The van der Waals surface area contributed by atoms with Crippen LogP contribution >= 0.6 is 0 Å². The van der Waals surface area contributed by atoms with Gasteiger partial charge in [-0.3, -0.25) is 4.79 Å². The fourth-order valence-electron chi connectivity index (χ4n) is 3.27. The van der Waals surface area contributed by atoms with Gasteiger partial charge in [-0.15, -0.1) is 0 Å². The van der Waals surface area contributed by atoms with Gasteiger partial charge < -0.3 is 19.5 Å². The highest BCUT2D eigenvalue weighted by Gasteiger charge is 2.22. The third-order valence-electron chi connectivity index (χ3n) is 4.77. The van der Waals surface area contributed by atoms with E-state index in [1.54, 1.807) is 25.3 Å². The van der Waals surface area contributed by atoms with Gasteiger partial charge in [0.15, 0.2) is 18.1 Å². The molecule has 0 aliphatic heterocycles. The Hall–Kier alpha value is -2.50. The molecule has 0 heterocycles. The van der Waals surface area contributed by atoms with Gasteiger partial charge in [-0.2, -0.15) is 0 Å². The van der Waals surface area contributed by atoms with Gasteiger partial charge in [0.2, 0.25) is 0 Å². The monoisotopic (exact) mass is 389 g/mol. The van der Waals surface area contributed by atoms with Crippen molar-refractivity contribution in [2.45, 2.75) is 58.6 Å². The van der Waals surface area contributed by atoms with Crippen LogP contribution in [0.15, 0.2) is 24.3 Å². The van der Waals surface area contributed by atoms with E-state index in [0.717, 1.165) is 24.8 Å². The van der Waals surface area contributed by atoms with Gasteiger partial charge in [-0.1, -0.05) is 25.8 Å². The van der Waals surface area contributed by atoms with E-state index in [9.17, 15) is 9.59 Å². The van der Waals surface area contributed by atoms with Crippen LogP contribution in [-0.4, -0.2) is 37.7 Å². The van der Waals surface area contributed by atoms with Crippen molar-refractivity contribution in [3.63, 3.8) is 0 Å². The first-order chi connectivity index (χ1) is 13.4. The van der Waals surface area contributed by atoms with Crippen molar-refractivity contribution >= 4 is 18.0 Å². The zero-order valence-corrected chi connectivity index (χ0v) is 17.2. The zero-order valence-electron chi connectivity index (χ0n) is 17.2. The van der Waals surface area contributed by atoms with Crippen LogP contribution < -0.4 is 14.8 Å². The summed E-state index contributed by atoms with van der Waals surface area (Å²) < 4.78 is 16.0. The maximum absolute atomic E-state index is 12.0. The Balaban J connectivity index is 1.83. The highest BCUT2D eigenvalue weighted by atomic mass is 16.5. The van der Waals surface area contributed by atoms with Crippen LogP contribution in [0.2, 0.25) is 0 Å². The molecule has 1 fully saturated rings. The molecule has 1 N–H and O–H groups in total. The zero-order chi connectivity index (χ0) is 20.5. The number of ether oxygens (including phenoxy) is 3. The molecule has 28 heavy (non-hydrogen) atoms. The lowest BCUT2D eigenvalue weighted by atomic mass is 9.86. The minimum absolute atomic E-state index is 0.0352. The maximum atomic E-state index is 12.0. The van der Waals surface area contributed by atoms with Crippen LogP contribution in [-0.2, 0) is 14.3 Å². The molecule has 1 amide bonds. The van der Waals surface area contributed by atoms with E-state index in [4.69, 9.17) is 14.2 Å². The van der Waals surface area contributed by atoms with Gasteiger partial charge in [-0.25, -0.2) is 4.79 Å². The van der Waals surface area contributed by atoms with Gasteiger partial charge in [0.05, 0.1) is 13.2 Å². The number of rotatable bonds is 8. The quantitative estimate of drug-likeness (QED) is 0.542. The molecule has 154 valence electrons. The molecular formula is C22H31NO5. The summed E-state index contributed by atoms with van der Waals surface area (Å²) in [5.41, 5.74) is 0.769. The summed E-state index contributed by atoms with van der Waals surface area (Å²) in [7, 11) is 1.57. The molecule has 1 aliphatic rings. The van der Waals surface area contributed by atoms with Crippen molar-refractivity contribution in [2.24, 2.45) is 5.92 Å². The summed E-state index contributed by atoms with van der Waals surface area (Å²) in [6.45, 7) is 5.75. The van der Waals surface area contributed by atoms with Crippen molar-refractivity contribution < 1.29 is 23.8 Å². The van der Waals surface area contributed by atoms with Crippen molar-refractivity contribution in [1.29, 1.82) is 0 Å². The van der Waals surface area contributed by atoms with E-state index in [1.165, 1.54) is 12.5 Å². The summed E-state index contributed by atoms with van der Waals surface area (Å²) in [6, 6.07) is 5.57. The van der Waals surface area contributed by atoms with Crippen LogP contribution in [0.4, 0.5) is 0 Å². The second-order valence-electron chi connectivity index (χ2n) is 7.45. The molecule has 1 aromatic rings. The lowest BCUT2D eigenvalue weighted by molar-refractivity contribution is -0.144. The SMILES string of the molecule is COc1cc(/C=C/C(=O)OCC(=O)N[C@@H]2CCCC[C@H]2C)ccc1OC(C)C. The normalized spacial score (nSPS) is 19.5. The molecule has 0 radical (unpaired) electrons. The smallest absolute Gasteiger partial charge is 0.331 e. The molecule has 0 aromatic heterocycles. The Bertz CT molecular complexity index is 698. The fourth-order valence-corrected chi connectivity index (χ4v) is 3.27. The summed E-state index contributed by atoms with van der Waals surface area (Å²) >= 11 is 0. The molecule has 6 heteroatoms. The fraction of sp³-hybridized carbons (Fsp3) is 0.545. The number of nitrogens with one attached hydrogen (secondary N) is 1. The average molecular weight is 389 g/mol. The van der Waals surface area contributed by atoms with Gasteiger partial charge in [0.25, 0.3) is 5.91 Å². The Morgan fingerprint density at radius 1 is 1.21 bits per heavy atom. The number of amides is 1. The largest absolute Gasteiger partial charge is 0.493 e. The van der Waals surface area contributed by atoms with Crippen LogP contribution in [0.25, 0.3) is 6.08 Å². The standard InChI is InChI=1S/C22H31NO5/c1-15(2)28-19-11-9-17(13-20(19)26-4)10-12-22(25)27-14-21(24)23-18-8-6-5-7-16(18)3/h9-13,15-16,18H,5-8,14H2,1-4H3,(H,23,24)/b12-10+/t16-,18-/m1/s1. The lowest BCUT2D eigenvalue weighted by Crippen LogP contribution is -2.42. The van der Waals surface area contributed by atoms with E-state index in [1.807, 2.05) is 19.9 Å². The third-order valence-corrected chi connectivity index (χ3v) is 4.77. The Morgan fingerprint density at radius 2 is 1.96 bits per heavy atom. The molecule has 6 nitrogen and oxygen atoms in total. The van der Waals surface area contributed by atoms with Gasteiger partial charge in [0, 0.05) is 12.1 Å². The molecule has 1 aromatic carbocycles. The first kappa shape index (κ1) is 21.8. The Morgan fingerprint density at radius 3 is 2.64 bits per heavy atom. The molecule has 0 bridgehead atoms. The molecule has 0 spiro atoms. The van der Waals surface area contributed by atoms with E-state index in [2.05, 4.69) is 12.2 Å². The predicted octanol–water partition coefficient (Wildman–Crippen LogP) is 3.73. The maximum Gasteiger partial charge on any atom is 0.331 e. The summed E-state index contributed by atoms with van der Waals surface area (Å²) in [4.78, 5) is 23.9. The minimum Gasteiger partial charge on any atom is -0.493 e. The third kappa shape index (κ3) is 6.91. The number of methoxy groups -OCH3 is 1. The van der Waals surface area contributed by atoms with Crippen LogP contribution in [0, 0.1) is 5.92 Å². The van der Waals surface area contributed by atoms with Gasteiger partial charge in [0.1, 0.15) is 0 Å². The molecule has 2 rings (SSSR count). The minimum atomic E-state index is -0.562. The van der Waals surface area contributed by atoms with Crippen LogP contribution in [0.3, 0.4) is 0 Å². The molecular weight excluding hydrogens is 358 g/mol. The van der Waals surface area contributed by atoms with E-state index in [0.29, 0.717) is 17.4 Å².